The van der Waals surface area contributed by atoms with Gasteiger partial charge in [-0.05, 0) is 36.4 Å². The smallest absolute Gasteiger partial charge is 0.204 e. The lowest BCUT2D eigenvalue weighted by Crippen LogP contribution is -2.04. The van der Waals surface area contributed by atoms with E-state index in [0.29, 0.717) is 11.1 Å². The van der Waals surface area contributed by atoms with Gasteiger partial charge in [-0.15, -0.1) is 0 Å². The number of rotatable bonds is 4. The minimum atomic E-state index is -1.68. The number of allylic oxidation sites excluding steroid dienone is 1. The van der Waals surface area contributed by atoms with Gasteiger partial charge >= 0.3 is 0 Å². The largest absolute Gasteiger partial charge is 0.491 e. The molecule has 0 heterocycles. The number of carbonyl (C=O) groups excluding carboxylic acids is 1. The summed E-state index contributed by atoms with van der Waals surface area (Å²) in [5.41, 5.74) is -0.816. The van der Waals surface area contributed by atoms with Gasteiger partial charge in [-0.2, -0.15) is 8.78 Å². The van der Waals surface area contributed by atoms with Crippen molar-refractivity contribution < 1.29 is 27.1 Å². The fourth-order valence-corrected chi connectivity index (χ4v) is 1.95. The van der Waals surface area contributed by atoms with Crippen LogP contribution in [-0.2, 0) is 0 Å². The Morgan fingerprint density at radius 1 is 1.00 bits per heavy atom. The van der Waals surface area contributed by atoms with Crippen molar-refractivity contribution in [1.82, 2.24) is 0 Å². The molecule has 0 aliphatic rings. The highest BCUT2D eigenvalue weighted by Crippen LogP contribution is 2.30. The average Bonchev–Trinajstić information content (AvgIpc) is 2.54. The van der Waals surface area contributed by atoms with E-state index in [9.17, 15) is 22.4 Å². The summed E-state index contributed by atoms with van der Waals surface area (Å²) in [7, 11) is 0.875. The highest BCUT2D eigenvalue weighted by molar-refractivity contribution is 6.30. The number of benzene rings is 2. The zero-order chi connectivity index (χ0) is 17.1. The summed E-state index contributed by atoms with van der Waals surface area (Å²) in [5.74, 6) is -8.44. The van der Waals surface area contributed by atoms with Gasteiger partial charge in [0.15, 0.2) is 23.2 Å². The third-order valence-corrected chi connectivity index (χ3v) is 3.24. The van der Waals surface area contributed by atoms with Crippen molar-refractivity contribution in [2.75, 3.05) is 7.11 Å². The molecule has 0 N–H and O–H groups in total. The summed E-state index contributed by atoms with van der Waals surface area (Å²) in [6.07, 6.45) is 1.46. The second-order valence-corrected chi connectivity index (χ2v) is 4.84. The fourth-order valence-electron chi connectivity index (χ4n) is 1.82. The molecule has 0 amide bonds. The normalized spacial score (nSPS) is 11.0. The van der Waals surface area contributed by atoms with E-state index in [0.717, 1.165) is 13.2 Å². The van der Waals surface area contributed by atoms with Crippen LogP contribution >= 0.6 is 11.6 Å². The highest BCUT2D eigenvalue weighted by Gasteiger charge is 2.24. The number of ketones is 1. The summed E-state index contributed by atoms with van der Waals surface area (Å²) in [6, 6.07) is 5.71. The molecule has 0 unspecified atom stereocenters. The molecule has 7 heteroatoms. The second-order valence-electron chi connectivity index (χ2n) is 4.41. The van der Waals surface area contributed by atoms with Gasteiger partial charge in [0.2, 0.25) is 11.6 Å². The average molecular weight is 345 g/mol. The molecule has 0 saturated carbocycles. The van der Waals surface area contributed by atoms with Crippen LogP contribution in [0.1, 0.15) is 15.9 Å². The lowest BCUT2D eigenvalue weighted by atomic mass is 10.1. The van der Waals surface area contributed by atoms with Crippen LogP contribution in [0.3, 0.4) is 0 Å². The van der Waals surface area contributed by atoms with Crippen molar-refractivity contribution in [3.8, 4) is 5.75 Å². The zero-order valence-corrected chi connectivity index (χ0v) is 12.4. The standard InChI is InChI=1S/C16H9ClF4O2/c1-23-16-14(20)12(18)10(13(19)15(16)21)6-7-11(22)8-2-4-9(17)5-3-8/h2-7H,1H3/b7-6+. The van der Waals surface area contributed by atoms with E-state index in [1.165, 1.54) is 24.3 Å². The van der Waals surface area contributed by atoms with E-state index in [-0.39, 0.29) is 5.56 Å². The molecule has 0 bridgehead atoms. The summed E-state index contributed by atoms with van der Waals surface area (Å²) < 4.78 is 58.9. The molecule has 0 atom stereocenters. The molecule has 0 aliphatic heterocycles. The van der Waals surface area contributed by atoms with Gasteiger partial charge in [0.05, 0.1) is 12.7 Å². The first kappa shape index (κ1) is 17.0. The van der Waals surface area contributed by atoms with Gasteiger partial charge < -0.3 is 4.74 Å². The van der Waals surface area contributed by atoms with Gasteiger partial charge in [0, 0.05) is 10.6 Å². The van der Waals surface area contributed by atoms with Gasteiger partial charge in [-0.3, -0.25) is 4.79 Å². The number of hydrogen-bond donors (Lipinski definition) is 0. The maximum absolute atomic E-state index is 13.8. The quantitative estimate of drug-likeness (QED) is 0.344. The SMILES string of the molecule is COc1c(F)c(F)c(/C=C/C(=O)c2ccc(Cl)cc2)c(F)c1F. The summed E-state index contributed by atoms with van der Waals surface area (Å²) in [6.45, 7) is 0. The molecular weight excluding hydrogens is 336 g/mol. The third kappa shape index (κ3) is 3.37. The van der Waals surface area contributed by atoms with Crippen LogP contribution in [0.4, 0.5) is 17.6 Å². The minimum absolute atomic E-state index is 0.195. The van der Waals surface area contributed by atoms with Crippen LogP contribution in [0.25, 0.3) is 6.08 Å². The summed E-state index contributed by atoms with van der Waals surface area (Å²) >= 11 is 5.67. The molecule has 0 aromatic heterocycles. The van der Waals surface area contributed by atoms with Crippen LogP contribution in [0.15, 0.2) is 30.3 Å². The topological polar surface area (TPSA) is 26.3 Å². The van der Waals surface area contributed by atoms with Crippen LogP contribution < -0.4 is 4.74 Å². The van der Waals surface area contributed by atoms with Crippen LogP contribution in [0, 0.1) is 23.3 Å². The molecule has 2 rings (SSSR count). The Labute approximate surface area is 133 Å². The third-order valence-electron chi connectivity index (χ3n) is 2.99. The van der Waals surface area contributed by atoms with Gasteiger partial charge in [-0.1, -0.05) is 11.6 Å². The predicted octanol–water partition coefficient (Wildman–Crippen LogP) is 4.80. The number of ether oxygens (including phenoxy) is 1. The van der Waals surface area contributed by atoms with E-state index in [4.69, 9.17) is 11.6 Å². The first-order valence-corrected chi connectivity index (χ1v) is 6.62. The maximum atomic E-state index is 13.8. The Balaban J connectivity index is 2.40. The van der Waals surface area contributed by atoms with E-state index in [1.54, 1.807) is 0 Å². The van der Waals surface area contributed by atoms with Crippen molar-refractivity contribution in [1.29, 1.82) is 0 Å². The number of carbonyl (C=O) groups is 1. The van der Waals surface area contributed by atoms with E-state index in [2.05, 4.69) is 4.74 Å². The molecule has 120 valence electrons. The molecule has 23 heavy (non-hydrogen) atoms. The summed E-state index contributed by atoms with van der Waals surface area (Å²) in [4.78, 5) is 11.9. The van der Waals surface area contributed by atoms with Gasteiger partial charge in [-0.25, -0.2) is 8.78 Å². The Bertz CT molecular complexity index is 757. The molecule has 0 aliphatic carbocycles. The Kier molecular flexibility index (Phi) is 5.05. The molecule has 0 fully saturated rings. The van der Waals surface area contributed by atoms with Crippen LogP contribution in [0.5, 0.6) is 5.75 Å². The number of methoxy groups -OCH3 is 1. The van der Waals surface area contributed by atoms with E-state index >= 15 is 0 Å². The zero-order valence-electron chi connectivity index (χ0n) is 11.7. The number of hydrogen-bond acceptors (Lipinski definition) is 2. The highest BCUT2D eigenvalue weighted by atomic mass is 35.5. The van der Waals surface area contributed by atoms with Gasteiger partial charge in [0.25, 0.3) is 0 Å². The molecule has 2 aromatic rings. The summed E-state index contributed by atoms with van der Waals surface area (Å²) in [5, 5.41) is 0.405. The predicted molar refractivity (Wildman–Crippen MR) is 77.6 cm³/mol. The monoisotopic (exact) mass is 344 g/mol. The van der Waals surface area contributed by atoms with Crippen LogP contribution in [-0.4, -0.2) is 12.9 Å². The lowest BCUT2D eigenvalue weighted by molar-refractivity contribution is 0.104. The molecule has 0 radical (unpaired) electrons. The first-order valence-electron chi connectivity index (χ1n) is 6.24. The van der Waals surface area contributed by atoms with Gasteiger partial charge in [0.1, 0.15) is 0 Å². The van der Waals surface area contributed by atoms with Crippen molar-refractivity contribution >= 4 is 23.5 Å². The van der Waals surface area contributed by atoms with E-state index in [1.807, 2.05) is 0 Å². The first-order chi connectivity index (χ1) is 10.9. The Morgan fingerprint density at radius 3 is 2.00 bits per heavy atom. The lowest BCUT2D eigenvalue weighted by Gasteiger charge is -2.08. The van der Waals surface area contributed by atoms with Crippen molar-refractivity contribution in [2.45, 2.75) is 0 Å². The van der Waals surface area contributed by atoms with E-state index < -0.39 is 40.4 Å². The van der Waals surface area contributed by atoms with Crippen molar-refractivity contribution in [3.63, 3.8) is 0 Å². The number of halogens is 5. The minimum Gasteiger partial charge on any atom is -0.491 e. The Morgan fingerprint density at radius 2 is 1.52 bits per heavy atom. The van der Waals surface area contributed by atoms with Crippen LogP contribution in [0.2, 0.25) is 5.02 Å². The molecule has 2 aromatic carbocycles. The second kappa shape index (κ2) is 6.83. The maximum Gasteiger partial charge on any atom is 0.204 e. The van der Waals surface area contributed by atoms with Crippen molar-refractivity contribution in [2.24, 2.45) is 0 Å². The molecule has 2 nitrogen and oxygen atoms in total. The van der Waals surface area contributed by atoms with Crippen molar-refractivity contribution in [3.05, 3.63) is 69.8 Å². The fraction of sp³-hybridized carbons (Fsp3) is 0.0625. The molecule has 0 saturated heterocycles. The Hall–Kier alpha value is -2.34. The molecule has 0 spiro atoms. The molecular formula is C16H9ClF4O2.